The van der Waals surface area contributed by atoms with Crippen molar-refractivity contribution in [2.75, 3.05) is 5.73 Å². The van der Waals surface area contributed by atoms with Crippen molar-refractivity contribution in [2.24, 2.45) is 0 Å². The van der Waals surface area contributed by atoms with Gasteiger partial charge in [0.15, 0.2) is 0 Å². The lowest BCUT2D eigenvalue weighted by molar-refractivity contribution is 0.439. The zero-order valence-corrected chi connectivity index (χ0v) is 11.7. The molecule has 90 valence electrons. The van der Waals surface area contributed by atoms with E-state index in [1.54, 1.807) is 11.3 Å². The van der Waals surface area contributed by atoms with Crippen molar-refractivity contribution in [3.05, 3.63) is 45.6 Å². The number of anilines is 1. The van der Waals surface area contributed by atoms with E-state index in [2.05, 4.69) is 21.1 Å². The number of thiophene rings is 1. The Balaban J connectivity index is 2.17. The Kier molecular flexibility index (Phi) is 2.93. The second kappa shape index (κ2) is 4.59. The van der Waals surface area contributed by atoms with Gasteiger partial charge in [-0.05, 0) is 29.1 Å². The molecule has 2 heterocycles. The smallest absolute Gasteiger partial charge is 0.230 e. The van der Waals surface area contributed by atoms with Gasteiger partial charge in [0, 0.05) is 15.4 Å². The lowest BCUT2D eigenvalue weighted by Gasteiger charge is -2.01. The monoisotopic (exact) mass is 320 g/mol. The summed E-state index contributed by atoms with van der Waals surface area (Å²) in [6.45, 7) is 0. The van der Waals surface area contributed by atoms with E-state index in [9.17, 15) is 0 Å². The summed E-state index contributed by atoms with van der Waals surface area (Å²) in [5, 5.41) is 8.08. The van der Waals surface area contributed by atoms with Crippen molar-refractivity contribution < 1.29 is 4.52 Å². The number of benzene rings is 1. The van der Waals surface area contributed by atoms with Crippen molar-refractivity contribution in [1.29, 1.82) is 0 Å². The summed E-state index contributed by atoms with van der Waals surface area (Å²) in [5.41, 5.74) is 9.54. The molecule has 0 radical (unpaired) electrons. The molecule has 0 aliphatic heterocycles. The first kappa shape index (κ1) is 11.5. The molecule has 0 fully saturated rings. The van der Waals surface area contributed by atoms with Gasteiger partial charge in [0.05, 0.1) is 5.56 Å². The molecule has 0 amide bonds. The fraction of sp³-hybridized carbons (Fsp3) is 0. The van der Waals surface area contributed by atoms with Crippen LogP contribution in [-0.4, -0.2) is 5.16 Å². The van der Waals surface area contributed by atoms with Crippen LogP contribution in [0, 0.1) is 0 Å². The molecule has 0 atom stereocenters. The molecule has 3 nitrogen and oxygen atoms in total. The summed E-state index contributed by atoms with van der Waals surface area (Å²) in [4.78, 5) is 0. The van der Waals surface area contributed by atoms with Crippen LogP contribution in [0.2, 0.25) is 0 Å². The fourth-order valence-electron chi connectivity index (χ4n) is 1.79. The predicted molar refractivity (Wildman–Crippen MR) is 77.4 cm³/mol. The van der Waals surface area contributed by atoms with Crippen molar-refractivity contribution in [3.63, 3.8) is 0 Å². The summed E-state index contributed by atoms with van der Waals surface area (Å²) in [6.07, 6.45) is 0. The van der Waals surface area contributed by atoms with Gasteiger partial charge in [-0.15, -0.1) is 0 Å². The van der Waals surface area contributed by atoms with Crippen LogP contribution in [0.4, 0.5) is 5.88 Å². The number of nitrogens with two attached hydrogens (primary N) is 1. The maximum Gasteiger partial charge on any atom is 0.230 e. The Morgan fingerprint density at radius 1 is 1.11 bits per heavy atom. The first-order chi connectivity index (χ1) is 8.75. The van der Waals surface area contributed by atoms with Crippen LogP contribution in [0.3, 0.4) is 0 Å². The van der Waals surface area contributed by atoms with Crippen molar-refractivity contribution >= 4 is 33.2 Å². The highest BCUT2D eigenvalue weighted by Gasteiger charge is 2.17. The van der Waals surface area contributed by atoms with Gasteiger partial charge < -0.3 is 10.3 Å². The Morgan fingerprint density at radius 3 is 2.56 bits per heavy atom. The molecule has 18 heavy (non-hydrogen) atoms. The quantitative estimate of drug-likeness (QED) is 0.760. The molecule has 0 aliphatic carbocycles. The minimum absolute atomic E-state index is 0.346. The highest BCUT2D eigenvalue weighted by Crippen LogP contribution is 2.37. The van der Waals surface area contributed by atoms with E-state index in [0.717, 1.165) is 26.9 Å². The van der Waals surface area contributed by atoms with Gasteiger partial charge in [0.2, 0.25) is 5.88 Å². The number of nitrogens with zero attached hydrogens (tertiary/aromatic N) is 1. The van der Waals surface area contributed by atoms with Crippen LogP contribution in [0.15, 0.2) is 50.1 Å². The van der Waals surface area contributed by atoms with E-state index >= 15 is 0 Å². The topological polar surface area (TPSA) is 52.0 Å². The molecule has 3 aromatic rings. The molecule has 5 heteroatoms. The normalized spacial score (nSPS) is 10.7. The highest BCUT2D eigenvalue weighted by molar-refractivity contribution is 9.10. The lowest BCUT2D eigenvalue weighted by Crippen LogP contribution is -1.86. The zero-order valence-electron chi connectivity index (χ0n) is 9.26. The number of hydrogen-bond acceptors (Lipinski definition) is 4. The van der Waals surface area contributed by atoms with Crippen molar-refractivity contribution in [2.45, 2.75) is 0 Å². The molecule has 2 aromatic heterocycles. The van der Waals surface area contributed by atoms with Crippen LogP contribution in [0.1, 0.15) is 0 Å². The number of halogens is 1. The number of rotatable bonds is 2. The van der Waals surface area contributed by atoms with E-state index in [0.29, 0.717) is 5.88 Å². The van der Waals surface area contributed by atoms with Gasteiger partial charge in [-0.2, -0.15) is 11.3 Å². The summed E-state index contributed by atoms with van der Waals surface area (Å²) < 4.78 is 6.15. The summed E-state index contributed by atoms with van der Waals surface area (Å²) in [5.74, 6) is 0.346. The fourth-order valence-corrected chi connectivity index (χ4v) is 2.70. The van der Waals surface area contributed by atoms with Gasteiger partial charge in [0.1, 0.15) is 5.69 Å². The molecular weight excluding hydrogens is 312 g/mol. The van der Waals surface area contributed by atoms with Crippen molar-refractivity contribution in [1.82, 2.24) is 5.16 Å². The number of aromatic nitrogens is 1. The molecule has 0 bridgehead atoms. The van der Waals surface area contributed by atoms with Crippen LogP contribution >= 0.6 is 27.3 Å². The van der Waals surface area contributed by atoms with E-state index in [1.165, 1.54) is 0 Å². The van der Waals surface area contributed by atoms with Gasteiger partial charge in [0.25, 0.3) is 0 Å². The maximum atomic E-state index is 5.88. The molecule has 0 unspecified atom stereocenters. The third kappa shape index (κ3) is 1.95. The summed E-state index contributed by atoms with van der Waals surface area (Å²) in [6, 6.07) is 9.92. The van der Waals surface area contributed by atoms with Gasteiger partial charge in [-0.1, -0.05) is 33.2 Å². The van der Waals surface area contributed by atoms with Crippen LogP contribution < -0.4 is 5.73 Å². The average Bonchev–Trinajstić information content (AvgIpc) is 2.99. The first-order valence-corrected chi connectivity index (χ1v) is 7.03. The second-order valence-electron chi connectivity index (χ2n) is 3.79. The van der Waals surface area contributed by atoms with Gasteiger partial charge >= 0.3 is 0 Å². The van der Waals surface area contributed by atoms with Gasteiger partial charge in [-0.25, -0.2) is 0 Å². The Hall–Kier alpha value is -1.59. The van der Waals surface area contributed by atoms with E-state index < -0.39 is 0 Å². The van der Waals surface area contributed by atoms with Gasteiger partial charge in [-0.3, -0.25) is 0 Å². The second-order valence-corrected chi connectivity index (χ2v) is 5.49. The summed E-state index contributed by atoms with van der Waals surface area (Å²) in [7, 11) is 0. The predicted octanol–water partition coefficient (Wildman–Crippen LogP) is 4.41. The highest BCUT2D eigenvalue weighted by atomic mass is 79.9. The Bertz CT molecular complexity index is 659. The maximum absolute atomic E-state index is 5.88. The number of nitrogen functional groups attached to an aromatic ring is 1. The SMILES string of the molecule is Nc1onc(-c2ccsc2)c1-c1ccc(Br)cc1. The third-order valence-corrected chi connectivity index (χ3v) is 3.86. The lowest BCUT2D eigenvalue weighted by atomic mass is 10.0. The first-order valence-electron chi connectivity index (χ1n) is 5.29. The van der Waals surface area contributed by atoms with Crippen LogP contribution in [-0.2, 0) is 0 Å². The van der Waals surface area contributed by atoms with E-state index in [-0.39, 0.29) is 0 Å². The van der Waals surface area contributed by atoms with Crippen LogP contribution in [0.25, 0.3) is 22.4 Å². The largest absolute Gasteiger partial charge is 0.367 e. The van der Waals surface area contributed by atoms with E-state index in [4.69, 9.17) is 10.3 Å². The number of hydrogen-bond donors (Lipinski definition) is 1. The molecule has 2 N–H and O–H groups in total. The molecule has 0 saturated carbocycles. The minimum atomic E-state index is 0.346. The Morgan fingerprint density at radius 2 is 1.89 bits per heavy atom. The minimum Gasteiger partial charge on any atom is -0.367 e. The molecule has 0 aliphatic rings. The molecule has 0 spiro atoms. The molecule has 1 aromatic carbocycles. The zero-order chi connectivity index (χ0) is 12.5. The van der Waals surface area contributed by atoms with Crippen LogP contribution in [0.5, 0.6) is 0 Å². The molecule has 0 saturated heterocycles. The average molecular weight is 321 g/mol. The third-order valence-electron chi connectivity index (χ3n) is 2.65. The van der Waals surface area contributed by atoms with E-state index in [1.807, 2.05) is 41.1 Å². The molecular formula is C13H9BrN2OS. The molecule has 3 rings (SSSR count). The van der Waals surface area contributed by atoms with Crippen molar-refractivity contribution in [3.8, 4) is 22.4 Å². The summed E-state index contributed by atoms with van der Waals surface area (Å²) >= 11 is 5.04. The Labute approximate surface area is 116 Å². The standard InChI is InChI=1S/C13H9BrN2OS/c14-10-3-1-8(2-4-10)11-12(16-17-13(11)15)9-5-6-18-7-9/h1-7H,15H2.